The van der Waals surface area contributed by atoms with Crippen LogP contribution in [0.5, 0.6) is 0 Å². The van der Waals surface area contributed by atoms with Crippen molar-refractivity contribution in [3.05, 3.63) is 30.1 Å². The number of carbonyl (C=O) groups is 1. The molecule has 8 heteroatoms. The van der Waals surface area contributed by atoms with Crippen molar-refractivity contribution in [2.24, 2.45) is 10.4 Å². The predicted octanol–water partition coefficient (Wildman–Crippen LogP) is 2.47. The van der Waals surface area contributed by atoms with Gasteiger partial charge in [0.15, 0.2) is 15.0 Å². The van der Waals surface area contributed by atoms with Crippen LogP contribution >= 0.6 is 11.8 Å². The van der Waals surface area contributed by atoms with Gasteiger partial charge in [0, 0.05) is 16.4 Å². The summed E-state index contributed by atoms with van der Waals surface area (Å²) in [6, 6.07) is 5.53. The van der Waals surface area contributed by atoms with Crippen LogP contribution in [-0.2, 0) is 14.6 Å². The lowest BCUT2D eigenvalue weighted by Crippen LogP contribution is -2.38. The van der Waals surface area contributed by atoms with Gasteiger partial charge in [0.2, 0.25) is 0 Å². The molecule has 2 aliphatic heterocycles. The summed E-state index contributed by atoms with van der Waals surface area (Å²) < 4.78 is 37.1. The van der Waals surface area contributed by atoms with Crippen LogP contribution in [0.3, 0.4) is 0 Å². The topological polar surface area (TPSA) is 66.8 Å². The molecule has 5 nitrogen and oxygen atoms in total. The highest BCUT2D eigenvalue weighted by Crippen LogP contribution is 2.41. The van der Waals surface area contributed by atoms with Crippen molar-refractivity contribution < 1.29 is 17.6 Å². The van der Waals surface area contributed by atoms with Crippen LogP contribution in [0.1, 0.15) is 20.8 Å². The number of benzene rings is 1. The van der Waals surface area contributed by atoms with Gasteiger partial charge < -0.3 is 4.90 Å². The number of hydrogen-bond donors (Lipinski definition) is 0. The van der Waals surface area contributed by atoms with Gasteiger partial charge in [0.05, 0.1) is 17.5 Å². The largest absolute Gasteiger partial charge is 0.316 e. The Morgan fingerprint density at radius 2 is 1.88 bits per heavy atom. The van der Waals surface area contributed by atoms with E-state index in [-0.39, 0.29) is 34.5 Å². The van der Waals surface area contributed by atoms with Crippen LogP contribution in [0.15, 0.2) is 29.3 Å². The molecule has 0 unspecified atom stereocenters. The number of thioether (sulfide) groups is 1. The fourth-order valence-electron chi connectivity index (χ4n) is 2.72. The van der Waals surface area contributed by atoms with Crippen LogP contribution in [0, 0.1) is 11.2 Å². The second kappa shape index (κ2) is 5.84. The Balaban J connectivity index is 2.01. The fourth-order valence-corrected chi connectivity index (χ4v) is 6.63. The van der Waals surface area contributed by atoms with Gasteiger partial charge in [0.1, 0.15) is 5.82 Å². The first-order chi connectivity index (χ1) is 11.1. The highest BCUT2D eigenvalue weighted by Gasteiger charge is 2.49. The molecule has 3 rings (SSSR count). The second-order valence-electron chi connectivity index (χ2n) is 7.10. The molecule has 130 valence electrons. The van der Waals surface area contributed by atoms with Gasteiger partial charge in [-0.05, 0) is 24.3 Å². The van der Waals surface area contributed by atoms with E-state index >= 15 is 0 Å². The van der Waals surface area contributed by atoms with E-state index in [9.17, 15) is 17.6 Å². The van der Waals surface area contributed by atoms with Crippen LogP contribution in [0.2, 0.25) is 0 Å². The summed E-state index contributed by atoms with van der Waals surface area (Å²) in [6.45, 7) is 5.35. The molecule has 24 heavy (non-hydrogen) atoms. The Bertz CT molecular complexity index is 798. The number of amidine groups is 1. The maximum Gasteiger partial charge on any atom is 0.253 e. The summed E-state index contributed by atoms with van der Waals surface area (Å²) in [6.07, 6.45) is 0. The average Bonchev–Trinajstić information content (AvgIpc) is 2.90. The van der Waals surface area contributed by atoms with Crippen molar-refractivity contribution >= 4 is 38.4 Å². The molecule has 0 saturated carbocycles. The maximum absolute atomic E-state index is 13.2. The minimum Gasteiger partial charge on any atom is -0.316 e. The number of nitrogens with zero attached hydrogens (tertiary/aromatic N) is 2. The van der Waals surface area contributed by atoms with Crippen LogP contribution in [0.25, 0.3) is 0 Å². The zero-order valence-corrected chi connectivity index (χ0v) is 15.3. The van der Waals surface area contributed by atoms with Crippen molar-refractivity contribution in [1.82, 2.24) is 0 Å². The molecular formula is C16H19FN2O3S2. The zero-order chi connectivity index (χ0) is 17.7. The molecule has 2 saturated heterocycles. The number of fused-ring (bicyclic) bond motifs is 1. The Hall–Kier alpha value is -1.41. The van der Waals surface area contributed by atoms with E-state index in [0.29, 0.717) is 10.9 Å². The molecule has 1 amide bonds. The van der Waals surface area contributed by atoms with Gasteiger partial charge in [-0.25, -0.2) is 12.8 Å². The van der Waals surface area contributed by atoms with Crippen molar-refractivity contribution in [2.45, 2.75) is 32.1 Å². The summed E-state index contributed by atoms with van der Waals surface area (Å²) in [5.41, 5.74) is 0.0279. The van der Waals surface area contributed by atoms with Crippen LogP contribution in [-0.4, -0.2) is 42.3 Å². The van der Waals surface area contributed by atoms with Gasteiger partial charge in [-0.2, -0.15) is 4.99 Å². The number of halogens is 1. The lowest BCUT2D eigenvalue weighted by atomic mass is 9.96. The van der Waals surface area contributed by atoms with Gasteiger partial charge in [-0.15, -0.1) is 0 Å². The van der Waals surface area contributed by atoms with Gasteiger partial charge >= 0.3 is 0 Å². The van der Waals surface area contributed by atoms with Crippen molar-refractivity contribution in [3.8, 4) is 0 Å². The zero-order valence-electron chi connectivity index (χ0n) is 13.7. The Labute approximate surface area is 145 Å². The third kappa shape index (κ3) is 3.35. The predicted molar refractivity (Wildman–Crippen MR) is 94.6 cm³/mol. The minimum absolute atomic E-state index is 0.0186. The molecule has 1 aromatic carbocycles. The number of hydrogen-bond acceptors (Lipinski definition) is 4. The van der Waals surface area contributed by atoms with E-state index in [0.717, 1.165) is 0 Å². The summed E-state index contributed by atoms with van der Waals surface area (Å²) >= 11 is 1.32. The highest BCUT2D eigenvalue weighted by atomic mass is 32.2. The van der Waals surface area contributed by atoms with E-state index in [1.165, 1.54) is 23.9 Å². The maximum atomic E-state index is 13.2. The summed E-state index contributed by atoms with van der Waals surface area (Å²) in [5.74, 6) is -0.543. The van der Waals surface area contributed by atoms with Gasteiger partial charge in [-0.1, -0.05) is 32.5 Å². The lowest BCUT2D eigenvalue weighted by Gasteiger charge is -2.25. The van der Waals surface area contributed by atoms with E-state index in [2.05, 4.69) is 4.99 Å². The van der Waals surface area contributed by atoms with Crippen LogP contribution < -0.4 is 4.90 Å². The third-order valence-electron chi connectivity index (χ3n) is 4.01. The monoisotopic (exact) mass is 370 g/mol. The van der Waals surface area contributed by atoms with E-state index < -0.39 is 15.3 Å². The molecule has 2 fully saturated rings. The van der Waals surface area contributed by atoms with E-state index in [1.807, 2.05) is 0 Å². The molecule has 0 spiro atoms. The minimum atomic E-state index is -3.11. The Kier molecular flexibility index (Phi) is 4.24. The van der Waals surface area contributed by atoms with Gasteiger partial charge in [-0.3, -0.25) is 4.79 Å². The SMILES string of the molecule is CC(C)(C)C(=O)N=C1S[C@@H]2CS(=O)(=O)C[C@H]2N1c1ccc(F)cc1. The number of amides is 1. The second-order valence-corrected chi connectivity index (χ2v) is 10.5. The van der Waals surface area contributed by atoms with Crippen molar-refractivity contribution in [3.63, 3.8) is 0 Å². The van der Waals surface area contributed by atoms with Crippen LogP contribution in [0.4, 0.5) is 10.1 Å². The molecule has 0 radical (unpaired) electrons. The molecule has 1 aromatic rings. The standard InChI is InChI=1S/C16H19FN2O3S2/c1-16(2,3)14(20)18-15-19(11-6-4-10(17)5-7-11)12-8-24(21,22)9-13(12)23-15/h4-7,12-13H,8-9H2,1-3H3/t12-,13-/m1/s1. The van der Waals surface area contributed by atoms with E-state index in [4.69, 9.17) is 0 Å². The molecule has 2 atom stereocenters. The first kappa shape index (κ1) is 17.4. The Morgan fingerprint density at radius 3 is 2.46 bits per heavy atom. The summed E-state index contributed by atoms with van der Waals surface area (Å²) in [7, 11) is -3.11. The summed E-state index contributed by atoms with van der Waals surface area (Å²) in [5, 5.41) is 0.331. The number of anilines is 1. The fraction of sp³-hybridized carbons (Fsp3) is 0.500. The van der Waals surface area contributed by atoms with Crippen molar-refractivity contribution in [2.75, 3.05) is 16.4 Å². The molecular weight excluding hydrogens is 351 g/mol. The quantitative estimate of drug-likeness (QED) is 0.760. The third-order valence-corrected chi connectivity index (χ3v) is 7.22. The van der Waals surface area contributed by atoms with Gasteiger partial charge in [0.25, 0.3) is 5.91 Å². The normalized spacial score (nSPS) is 27.5. The number of carbonyl (C=O) groups excluding carboxylic acids is 1. The number of rotatable bonds is 1. The molecule has 0 aromatic heterocycles. The molecule has 0 aliphatic carbocycles. The molecule has 0 N–H and O–H groups in total. The lowest BCUT2D eigenvalue weighted by molar-refractivity contribution is -0.124. The first-order valence-electron chi connectivity index (χ1n) is 7.62. The first-order valence-corrected chi connectivity index (χ1v) is 10.3. The highest BCUT2D eigenvalue weighted by molar-refractivity contribution is 8.16. The molecule has 2 aliphatic rings. The number of aliphatic imine (C=N–C) groups is 1. The smallest absolute Gasteiger partial charge is 0.253 e. The molecule has 2 heterocycles. The molecule has 0 bridgehead atoms. The van der Waals surface area contributed by atoms with Crippen molar-refractivity contribution in [1.29, 1.82) is 0 Å². The van der Waals surface area contributed by atoms with E-state index in [1.54, 1.807) is 37.8 Å². The number of sulfone groups is 1. The summed E-state index contributed by atoms with van der Waals surface area (Å²) in [4.78, 5) is 18.3. The average molecular weight is 370 g/mol. The Morgan fingerprint density at radius 1 is 1.25 bits per heavy atom.